The van der Waals surface area contributed by atoms with Crippen molar-refractivity contribution in [3.8, 4) is 0 Å². The molecule has 0 spiro atoms. The summed E-state index contributed by atoms with van der Waals surface area (Å²) in [6, 6.07) is 2.18. The highest BCUT2D eigenvalue weighted by Crippen LogP contribution is 2.20. The normalized spacial score (nSPS) is 11.7. The predicted molar refractivity (Wildman–Crippen MR) is 72.0 cm³/mol. The van der Waals surface area contributed by atoms with E-state index < -0.39 is 39.1 Å². The van der Waals surface area contributed by atoms with Gasteiger partial charge in [0.15, 0.2) is 0 Å². The Morgan fingerprint density at radius 3 is 2.48 bits per heavy atom. The van der Waals surface area contributed by atoms with Crippen molar-refractivity contribution >= 4 is 16.0 Å². The van der Waals surface area contributed by atoms with Crippen molar-refractivity contribution in [3.63, 3.8) is 0 Å². The Balaban J connectivity index is 3.12. The number of hydrogen-bond donors (Lipinski definition) is 0. The lowest BCUT2D eigenvalue weighted by Crippen LogP contribution is -2.37. The van der Waals surface area contributed by atoms with Crippen molar-refractivity contribution in [2.75, 3.05) is 19.7 Å². The molecule has 0 unspecified atom stereocenters. The number of carbonyl (C=O) groups excluding carboxylic acids is 1. The monoisotopic (exact) mass is 321 g/mol. The summed E-state index contributed by atoms with van der Waals surface area (Å²) in [5.74, 6) is -2.80. The molecule has 5 nitrogen and oxygen atoms in total. The van der Waals surface area contributed by atoms with Gasteiger partial charge in [-0.15, -0.1) is 0 Å². The van der Waals surface area contributed by atoms with Gasteiger partial charge in [0.25, 0.3) is 0 Å². The van der Waals surface area contributed by atoms with Crippen LogP contribution in [0.4, 0.5) is 8.78 Å². The molecule has 0 aromatic heterocycles. The number of ether oxygens (including phenoxy) is 1. The van der Waals surface area contributed by atoms with Crippen molar-refractivity contribution in [2.45, 2.75) is 25.2 Å². The average Bonchev–Trinajstić information content (AvgIpc) is 2.38. The zero-order valence-electron chi connectivity index (χ0n) is 11.8. The van der Waals surface area contributed by atoms with Crippen LogP contribution in [0.1, 0.15) is 20.3 Å². The van der Waals surface area contributed by atoms with Crippen LogP contribution in [0.25, 0.3) is 0 Å². The van der Waals surface area contributed by atoms with Crippen LogP contribution < -0.4 is 0 Å². The summed E-state index contributed by atoms with van der Waals surface area (Å²) in [6.07, 6.45) is 0.432. The largest absolute Gasteiger partial charge is 0.465 e. The van der Waals surface area contributed by atoms with Gasteiger partial charge in [-0.05, 0) is 25.5 Å². The standard InChI is InChI=1S/C13H17F2NO4S/c1-3-7-16(9-13(17)20-4-2)21(18,19)12-6-5-10(14)8-11(12)15/h5-6,8H,3-4,7,9H2,1-2H3. The van der Waals surface area contributed by atoms with E-state index in [0.29, 0.717) is 12.5 Å². The first-order chi connectivity index (χ1) is 9.82. The number of nitrogens with zero attached hydrogens (tertiary/aromatic N) is 1. The quantitative estimate of drug-likeness (QED) is 0.720. The summed E-state index contributed by atoms with van der Waals surface area (Å²) in [6.45, 7) is 2.94. The molecule has 1 rings (SSSR count). The van der Waals surface area contributed by atoms with Gasteiger partial charge in [0.05, 0.1) is 6.61 Å². The zero-order chi connectivity index (χ0) is 16.0. The minimum absolute atomic E-state index is 0.0258. The van der Waals surface area contributed by atoms with E-state index in [1.165, 1.54) is 0 Å². The molecule has 0 N–H and O–H groups in total. The molecular weight excluding hydrogens is 304 g/mol. The zero-order valence-corrected chi connectivity index (χ0v) is 12.6. The Bertz CT molecular complexity index is 604. The Labute approximate surface area is 122 Å². The average molecular weight is 321 g/mol. The summed E-state index contributed by atoms with van der Waals surface area (Å²) in [4.78, 5) is 10.8. The number of esters is 1. The molecule has 0 aliphatic heterocycles. The van der Waals surface area contributed by atoms with Crippen LogP contribution in [0, 0.1) is 11.6 Å². The van der Waals surface area contributed by atoms with Gasteiger partial charge in [-0.2, -0.15) is 4.31 Å². The van der Waals surface area contributed by atoms with Gasteiger partial charge in [0.2, 0.25) is 10.0 Å². The van der Waals surface area contributed by atoms with Crippen LogP contribution in [0.5, 0.6) is 0 Å². The molecule has 8 heteroatoms. The molecule has 0 aliphatic rings. The van der Waals surface area contributed by atoms with Gasteiger partial charge in [-0.1, -0.05) is 6.92 Å². The van der Waals surface area contributed by atoms with Crippen LogP contribution in [0.3, 0.4) is 0 Å². The van der Waals surface area contributed by atoms with E-state index in [1.54, 1.807) is 13.8 Å². The van der Waals surface area contributed by atoms with Gasteiger partial charge >= 0.3 is 5.97 Å². The van der Waals surface area contributed by atoms with E-state index >= 15 is 0 Å². The van der Waals surface area contributed by atoms with E-state index in [4.69, 9.17) is 4.74 Å². The second-order valence-electron chi connectivity index (χ2n) is 4.22. The second-order valence-corrected chi connectivity index (χ2v) is 6.12. The smallest absolute Gasteiger partial charge is 0.321 e. The lowest BCUT2D eigenvalue weighted by molar-refractivity contribution is -0.143. The molecule has 0 saturated heterocycles. The Kier molecular flexibility index (Phi) is 6.22. The van der Waals surface area contributed by atoms with Crippen LogP contribution in [-0.4, -0.2) is 38.4 Å². The van der Waals surface area contributed by atoms with Crippen molar-refractivity contribution in [3.05, 3.63) is 29.8 Å². The molecule has 0 radical (unpaired) electrons. The number of hydrogen-bond acceptors (Lipinski definition) is 4. The highest BCUT2D eigenvalue weighted by molar-refractivity contribution is 7.89. The molecular formula is C13H17F2NO4S. The Morgan fingerprint density at radius 1 is 1.29 bits per heavy atom. The van der Waals surface area contributed by atoms with Crippen LogP contribution in [0.2, 0.25) is 0 Å². The molecule has 0 bridgehead atoms. The van der Waals surface area contributed by atoms with E-state index in [2.05, 4.69) is 0 Å². The maximum atomic E-state index is 13.7. The molecule has 1 aromatic rings. The van der Waals surface area contributed by atoms with Crippen molar-refractivity contribution in [1.29, 1.82) is 0 Å². The van der Waals surface area contributed by atoms with Gasteiger partial charge < -0.3 is 4.74 Å². The number of rotatable bonds is 7. The van der Waals surface area contributed by atoms with Gasteiger partial charge in [-0.3, -0.25) is 4.79 Å². The summed E-state index contributed by atoms with van der Waals surface area (Å²) in [7, 11) is -4.23. The maximum Gasteiger partial charge on any atom is 0.321 e. The van der Waals surface area contributed by atoms with Gasteiger partial charge in [0, 0.05) is 12.6 Å². The number of carbonyl (C=O) groups is 1. The SMILES string of the molecule is CCCN(CC(=O)OCC)S(=O)(=O)c1ccc(F)cc1F. The molecule has 0 saturated carbocycles. The van der Waals surface area contributed by atoms with E-state index in [1.807, 2.05) is 0 Å². The molecule has 1 aromatic carbocycles. The van der Waals surface area contributed by atoms with Crippen LogP contribution in [0.15, 0.2) is 23.1 Å². The highest BCUT2D eigenvalue weighted by atomic mass is 32.2. The summed E-state index contributed by atoms with van der Waals surface area (Å²) in [5, 5.41) is 0. The van der Waals surface area contributed by atoms with Crippen molar-refractivity contribution in [1.82, 2.24) is 4.31 Å². The molecule has 0 aliphatic carbocycles. The summed E-state index contributed by atoms with van der Waals surface area (Å²) < 4.78 is 56.8. The first-order valence-electron chi connectivity index (χ1n) is 6.43. The van der Waals surface area contributed by atoms with Crippen LogP contribution in [-0.2, 0) is 19.6 Å². The topological polar surface area (TPSA) is 63.7 Å². The molecule has 118 valence electrons. The highest BCUT2D eigenvalue weighted by Gasteiger charge is 2.29. The van der Waals surface area contributed by atoms with E-state index in [0.717, 1.165) is 16.4 Å². The third kappa shape index (κ3) is 4.47. The molecule has 0 heterocycles. The minimum atomic E-state index is -4.23. The molecule has 0 amide bonds. The molecule has 21 heavy (non-hydrogen) atoms. The lowest BCUT2D eigenvalue weighted by Gasteiger charge is -2.20. The fourth-order valence-corrected chi connectivity index (χ4v) is 3.23. The predicted octanol–water partition coefficient (Wildman–Crippen LogP) is 1.93. The second kappa shape index (κ2) is 7.46. The molecule has 0 atom stereocenters. The fourth-order valence-electron chi connectivity index (χ4n) is 1.71. The molecule has 0 fully saturated rings. The number of halogens is 2. The van der Waals surface area contributed by atoms with Crippen molar-refractivity contribution < 1.29 is 26.7 Å². The van der Waals surface area contributed by atoms with E-state index in [-0.39, 0.29) is 13.2 Å². The van der Waals surface area contributed by atoms with Gasteiger partial charge in [0.1, 0.15) is 23.1 Å². The maximum absolute atomic E-state index is 13.7. The number of sulfonamides is 1. The third-order valence-electron chi connectivity index (χ3n) is 2.60. The Hall–Kier alpha value is -1.54. The van der Waals surface area contributed by atoms with Gasteiger partial charge in [-0.25, -0.2) is 17.2 Å². The van der Waals surface area contributed by atoms with Crippen molar-refractivity contribution in [2.24, 2.45) is 0 Å². The first-order valence-corrected chi connectivity index (χ1v) is 7.87. The van der Waals surface area contributed by atoms with E-state index in [9.17, 15) is 22.0 Å². The summed E-state index contributed by atoms with van der Waals surface area (Å²) in [5.41, 5.74) is 0. The number of benzene rings is 1. The lowest BCUT2D eigenvalue weighted by atomic mass is 10.3. The third-order valence-corrected chi connectivity index (χ3v) is 4.47. The minimum Gasteiger partial charge on any atom is -0.465 e. The Morgan fingerprint density at radius 2 is 1.95 bits per heavy atom. The fraction of sp³-hybridized carbons (Fsp3) is 0.462. The van der Waals surface area contributed by atoms with Crippen LogP contribution >= 0.6 is 0 Å². The summed E-state index contributed by atoms with van der Waals surface area (Å²) >= 11 is 0. The first kappa shape index (κ1) is 17.5.